The molecule has 2 atom stereocenters. The van der Waals surface area contributed by atoms with E-state index in [0.717, 1.165) is 61.4 Å². The number of nitrogens with zero attached hydrogens (tertiary/aromatic N) is 2. The van der Waals surface area contributed by atoms with Crippen molar-refractivity contribution in [3.05, 3.63) is 78.0 Å². The molecule has 0 bridgehead atoms. The average molecular weight is 731 g/mol. The zero-order valence-electron chi connectivity index (χ0n) is 30.5. The van der Waals surface area contributed by atoms with Crippen LogP contribution in [0.1, 0.15) is 75.5 Å². The Labute approximate surface area is 306 Å². The maximum Gasteiger partial charge on any atom is 0.248 e. The molecular weight excluding hydrogens is 681 g/mol. The molecule has 12 heteroatoms. The van der Waals surface area contributed by atoms with Crippen LogP contribution in [0.4, 0.5) is 5.69 Å². The van der Waals surface area contributed by atoms with Gasteiger partial charge in [0, 0.05) is 48.3 Å². The van der Waals surface area contributed by atoms with Gasteiger partial charge in [-0.15, -0.1) is 0 Å². The van der Waals surface area contributed by atoms with Crippen molar-refractivity contribution in [3.8, 4) is 17.2 Å². The number of benzene rings is 3. The molecular formula is C40H50N4O7S. The Morgan fingerprint density at radius 3 is 2.27 bits per heavy atom. The zero-order valence-corrected chi connectivity index (χ0v) is 31.3. The fraction of sp³-hybridized carbons (Fsp3) is 0.450. The number of methoxy groups -OCH3 is 3. The number of carbonyl (C=O) groups excluding carboxylic acids is 2. The predicted molar refractivity (Wildman–Crippen MR) is 202 cm³/mol. The number of fused-ring (bicyclic) bond motifs is 1. The molecule has 3 aromatic carbocycles. The van der Waals surface area contributed by atoms with E-state index < -0.39 is 16.1 Å². The third-order valence-corrected chi connectivity index (χ3v) is 12.3. The van der Waals surface area contributed by atoms with E-state index in [-0.39, 0.29) is 35.1 Å². The molecule has 0 radical (unpaired) electrons. The molecule has 2 heterocycles. The van der Waals surface area contributed by atoms with Gasteiger partial charge in [-0.1, -0.05) is 44.4 Å². The largest absolute Gasteiger partial charge is 0.493 e. The first kappa shape index (κ1) is 37.2. The summed E-state index contributed by atoms with van der Waals surface area (Å²) >= 11 is 0. The molecule has 1 aliphatic carbocycles. The van der Waals surface area contributed by atoms with Crippen molar-refractivity contribution >= 4 is 38.4 Å². The fourth-order valence-electron chi connectivity index (χ4n) is 7.63. The number of piperidine rings is 1. The van der Waals surface area contributed by atoms with Gasteiger partial charge in [0.05, 0.1) is 26.2 Å². The lowest BCUT2D eigenvalue weighted by Gasteiger charge is -2.34. The topological polar surface area (TPSA) is 130 Å². The minimum Gasteiger partial charge on any atom is -0.493 e. The Balaban J connectivity index is 1.43. The summed E-state index contributed by atoms with van der Waals surface area (Å²) in [7, 11) is 0.765. The normalized spacial score (nSPS) is 17.7. The van der Waals surface area contributed by atoms with E-state index in [9.17, 15) is 18.0 Å². The summed E-state index contributed by atoms with van der Waals surface area (Å²) in [5.41, 5.74) is 2.82. The predicted octanol–water partition coefficient (Wildman–Crippen LogP) is 6.77. The quantitative estimate of drug-likeness (QED) is 0.155. The third-order valence-electron chi connectivity index (χ3n) is 10.4. The first-order chi connectivity index (χ1) is 25.1. The number of sulfonamides is 1. The van der Waals surface area contributed by atoms with Crippen molar-refractivity contribution in [2.45, 2.75) is 81.7 Å². The van der Waals surface area contributed by atoms with Crippen LogP contribution in [0, 0.1) is 5.92 Å². The summed E-state index contributed by atoms with van der Waals surface area (Å²) in [5.74, 6) is 0.671. The highest BCUT2D eigenvalue weighted by Crippen LogP contribution is 2.42. The minimum absolute atomic E-state index is 0.0339. The SMILES string of the molecule is COc1cc([C@H](C(=O)NC2CCCCC2)N(C(=O)CCc2c[nH]c3ccccc23)c2ccc(S(=O)(=O)N3CCC[C@H](C)C3)cc2)cc(OC)c1OC. The van der Waals surface area contributed by atoms with Gasteiger partial charge in [0.15, 0.2) is 11.5 Å². The molecule has 11 nitrogen and oxygen atoms in total. The molecule has 2 N–H and O–H groups in total. The monoisotopic (exact) mass is 730 g/mol. The van der Waals surface area contributed by atoms with Gasteiger partial charge in [-0.25, -0.2) is 8.42 Å². The van der Waals surface area contributed by atoms with Gasteiger partial charge in [-0.05, 0) is 91.6 Å². The second-order valence-electron chi connectivity index (χ2n) is 13.9. The number of H-pyrrole nitrogens is 1. The van der Waals surface area contributed by atoms with E-state index >= 15 is 0 Å². The van der Waals surface area contributed by atoms with Gasteiger partial charge in [0.1, 0.15) is 6.04 Å². The highest BCUT2D eigenvalue weighted by Gasteiger charge is 2.36. The molecule has 2 fully saturated rings. The van der Waals surface area contributed by atoms with Crippen LogP contribution in [0.25, 0.3) is 10.9 Å². The standard InChI is InChI=1S/C40H50N4O7S/c1-27-11-10-22-43(26-27)52(47,48)32-19-17-31(18-20-32)44(37(45)21-16-28-25-41-34-15-9-8-14-33(28)34)38(40(46)42-30-12-6-5-7-13-30)29-23-35(49-2)39(51-4)36(24-29)50-3/h8-9,14-15,17-20,23-25,27,30,38,41H,5-7,10-13,16,21-22,26H2,1-4H3,(H,42,46)/t27-,38+/m0/s1. The van der Waals surface area contributed by atoms with Crippen LogP contribution in [-0.2, 0) is 26.0 Å². The Hall–Kier alpha value is -4.55. The smallest absolute Gasteiger partial charge is 0.248 e. The van der Waals surface area contributed by atoms with Gasteiger partial charge in [0.25, 0.3) is 0 Å². The van der Waals surface area contributed by atoms with Crippen molar-refractivity contribution in [2.24, 2.45) is 5.92 Å². The van der Waals surface area contributed by atoms with Crippen LogP contribution >= 0.6 is 0 Å². The van der Waals surface area contributed by atoms with E-state index in [0.29, 0.717) is 48.0 Å². The number of anilines is 1. The Morgan fingerprint density at radius 1 is 0.923 bits per heavy atom. The van der Waals surface area contributed by atoms with E-state index in [1.54, 1.807) is 24.3 Å². The Bertz CT molecular complexity index is 1950. The summed E-state index contributed by atoms with van der Waals surface area (Å²) in [6.45, 7) is 3.00. The number of aryl methyl sites for hydroxylation is 1. The van der Waals surface area contributed by atoms with Gasteiger partial charge in [0.2, 0.25) is 27.6 Å². The fourth-order valence-corrected chi connectivity index (χ4v) is 9.23. The number of aromatic nitrogens is 1. The molecule has 6 rings (SSSR count). The van der Waals surface area contributed by atoms with Crippen molar-refractivity contribution in [1.82, 2.24) is 14.6 Å². The summed E-state index contributed by atoms with van der Waals surface area (Å²) in [4.78, 5) is 34.3. The molecule has 2 aliphatic rings. The van der Waals surface area contributed by atoms with E-state index in [2.05, 4.69) is 17.2 Å². The summed E-state index contributed by atoms with van der Waals surface area (Å²) in [6.07, 6.45) is 9.07. The first-order valence-corrected chi connectivity index (χ1v) is 19.7. The van der Waals surface area contributed by atoms with Crippen molar-refractivity contribution in [2.75, 3.05) is 39.3 Å². The maximum absolute atomic E-state index is 14.7. The van der Waals surface area contributed by atoms with Crippen molar-refractivity contribution < 1.29 is 32.2 Å². The minimum atomic E-state index is -3.75. The summed E-state index contributed by atoms with van der Waals surface area (Å²) < 4.78 is 45.9. The van der Waals surface area contributed by atoms with Gasteiger partial charge >= 0.3 is 0 Å². The number of amides is 2. The Kier molecular flexibility index (Phi) is 11.7. The van der Waals surface area contributed by atoms with Gasteiger partial charge in [-0.3, -0.25) is 14.5 Å². The van der Waals surface area contributed by atoms with E-state index in [1.807, 2.05) is 30.5 Å². The molecule has 0 spiro atoms. The van der Waals surface area contributed by atoms with E-state index in [4.69, 9.17) is 14.2 Å². The van der Waals surface area contributed by atoms with Crippen LogP contribution in [0.2, 0.25) is 0 Å². The number of hydrogen-bond acceptors (Lipinski definition) is 7. The van der Waals surface area contributed by atoms with Crippen LogP contribution in [-0.4, -0.2) is 70.0 Å². The van der Waals surface area contributed by atoms with Crippen LogP contribution < -0.4 is 24.4 Å². The number of nitrogens with one attached hydrogen (secondary N) is 2. The van der Waals surface area contributed by atoms with Gasteiger partial charge in [-0.2, -0.15) is 4.31 Å². The highest BCUT2D eigenvalue weighted by atomic mass is 32.2. The van der Waals surface area contributed by atoms with Crippen molar-refractivity contribution in [3.63, 3.8) is 0 Å². The number of ether oxygens (including phenoxy) is 3. The van der Waals surface area contributed by atoms with Crippen LogP contribution in [0.15, 0.2) is 71.8 Å². The number of carbonyl (C=O) groups is 2. The molecule has 0 unspecified atom stereocenters. The average Bonchev–Trinajstić information content (AvgIpc) is 3.58. The number of hydrogen-bond donors (Lipinski definition) is 2. The number of aromatic amines is 1. The van der Waals surface area contributed by atoms with Crippen LogP contribution in [0.5, 0.6) is 17.2 Å². The van der Waals surface area contributed by atoms with Crippen LogP contribution in [0.3, 0.4) is 0 Å². The lowest BCUT2D eigenvalue weighted by Crippen LogP contribution is -2.47. The maximum atomic E-state index is 14.7. The lowest BCUT2D eigenvalue weighted by molar-refractivity contribution is -0.127. The molecule has 1 aromatic heterocycles. The molecule has 1 saturated heterocycles. The number of rotatable bonds is 13. The molecule has 2 amide bonds. The highest BCUT2D eigenvalue weighted by molar-refractivity contribution is 7.89. The molecule has 4 aromatic rings. The Morgan fingerprint density at radius 2 is 1.62 bits per heavy atom. The van der Waals surface area contributed by atoms with Gasteiger partial charge < -0.3 is 24.5 Å². The molecule has 1 saturated carbocycles. The lowest BCUT2D eigenvalue weighted by atomic mass is 9.94. The zero-order chi connectivity index (χ0) is 36.8. The summed E-state index contributed by atoms with van der Waals surface area (Å²) in [5, 5.41) is 4.28. The second kappa shape index (κ2) is 16.4. The molecule has 52 heavy (non-hydrogen) atoms. The third kappa shape index (κ3) is 7.92. The second-order valence-corrected chi connectivity index (χ2v) is 15.9. The van der Waals surface area contributed by atoms with E-state index in [1.165, 1.54) is 42.7 Å². The molecule has 278 valence electrons. The first-order valence-electron chi connectivity index (χ1n) is 18.2. The van der Waals surface area contributed by atoms with Crippen molar-refractivity contribution in [1.29, 1.82) is 0 Å². The molecule has 1 aliphatic heterocycles. The summed E-state index contributed by atoms with van der Waals surface area (Å²) in [6, 6.07) is 16.5. The number of para-hydroxylation sites is 1.